The van der Waals surface area contributed by atoms with Crippen LogP contribution in [0.25, 0.3) is 0 Å². The van der Waals surface area contributed by atoms with Crippen molar-refractivity contribution >= 4 is 17.6 Å². The van der Waals surface area contributed by atoms with Crippen molar-refractivity contribution in [3.05, 3.63) is 30.3 Å². The molecule has 1 aliphatic heterocycles. The number of nitrogens with zero attached hydrogens (tertiary/aromatic N) is 3. The van der Waals surface area contributed by atoms with Crippen LogP contribution in [0.5, 0.6) is 0 Å². The molecule has 0 aliphatic carbocycles. The fourth-order valence-corrected chi connectivity index (χ4v) is 1.93. The van der Waals surface area contributed by atoms with Crippen molar-refractivity contribution in [2.45, 2.75) is 32.7 Å². The Labute approximate surface area is 116 Å². The van der Waals surface area contributed by atoms with Gasteiger partial charge in [-0.2, -0.15) is 10.1 Å². The number of para-hydroxylation sites is 1. The first-order valence-electron chi connectivity index (χ1n) is 6.11. The highest BCUT2D eigenvalue weighted by molar-refractivity contribution is 5.70. The highest BCUT2D eigenvalue weighted by Gasteiger charge is 2.54. The molecule has 1 atom stereocenters. The Bertz CT molecular complexity index is 528. The second kappa shape index (κ2) is 5.28. The summed E-state index contributed by atoms with van der Waals surface area (Å²) >= 11 is 0. The van der Waals surface area contributed by atoms with Crippen LogP contribution in [0.2, 0.25) is 0 Å². The number of hydrogen-bond acceptors (Lipinski definition) is 7. The van der Waals surface area contributed by atoms with Gasteiger partial charge in [0.25, 0.3) is 0 Å². The van der Waals surface area contributed by atoms with Crippen LogP contribution in [0.1, 0.15) is 20.8 Å². The molecule has 0 saturated carbocycles. The first-order valence-corrected chi connectivity index (χ1v) is 6.11. The van der Waals surface area contributed by atoms with E-state index in [9.17, 15) is 9.59 Å². The lowest BCUT2D eigenvalue weighted by molar-refractivity contribution is -0.227. The van der Waals surface area contributed by atoms with Crippen LogP contribution in [0, 0.1) is 0 Å². The maximum atomic E-state index is 11.4. The van der Waals surface area contributed by atoms with E-state index in [1.165, 1.54) is 18.9 Å². The third-order valence-corrected chi connectivity index (χ3v) is 2.72. The summed E-state index contributed by atoms with van der Waals surface area (Å²) in [5.74, 6) is -2.86. The summed E-state index contributed by atoms with van der Waals surface area (Å²) in [5.41, 5.74) is 0.600. The van der Waals surface area contributed by atoms with E-state index in [-0.39, 0.29) is 0 Å². The average Bonchev–Trinajstić information content (AvgIpc) is 2.66. The number of carbonyl (C=O) groups is 2. The lowest BCUT2D eigenvalue weighted by Crippen LogP contribution is -2.56. The molecule has 2 rings (SSSR count). The number of hydrogen-bond donors (Lipinski definition) is 0. The minimum Gasteiger partial charge on any atom is -0.400 e. The molecule has 0 radical (unpaired) electrons. The van der Waals surface area contributed by atoms with Crippen molar-refractivity contribution in [2.24, 2.45) is 10.3 Å². The van der Waals surface area contributed by atoms with Gasteiger partial charge in [0.1, 0.15) is 0 Å². The van der Waals surface area contributed by atoms with E-state index in [1.807, 2.05) is 6.07 Å². The Balaban J connectivity index is 2.44. The van der Waals surface area contributed by atoms with Gasteiger partial charge in [0.05, 0.1) is 5.69 Å². The second-order valence-electron chi connectivity index (χ2n) is 4.35. The van der Waals surface area contributed by atoms with E-state index in [0.717, 1.165) is 0 Å². The molecule has 20 heavy (non-hydrogen) atoms. The van der Waals surface area contributed by atoms with Crippen molar-refractivity contribution in [1.29, 1.82) is 0 Å². The standard InChI is InChI=1S/C13H15N3O4/c1-9-13(19-10(2)17,20-11(3)18)16(15-14-9)12-7-5-4-6-8-12/h4-9H,1-3H3. The molecule has 1 aliphatic rings. The number of carbonyl (C=O) groups excluding carboxylic acids is 2. The van der Waals surface area contributed by atoms with Gasteiger partial charge in [0, 0.05) is 13.8 Å². The van der Waals surface area contributed by atoms with Crippen LogP contribution in [-0.4, -0.2) is 23.9 Å². The maximum absolute atomic E-state index is 11.4. The molecule has 0 saturated heterocycles. The molecule has 0 N–H and O–H groups in total. The third-order valence-electron chi connectivity index (χ3n) is 2.72. The van der Waals surface area contributed by atoms with Crippen LogP contribution in [-0.2, 0) is 19.1 Å². The Morgan fingerprint density at radius 2 is 1.70 bits per heavy atom. The highest BCUT2D eigenvalue weighted by atomic mass is 16.8. The molecular formula is C13H15N3O4. The third kappa shape index (κ3) is 2.47. The molecule has 0 aromatic heterocycles. The number of rotatable bonds is 3. The first-order chi connectivity index (χ1) is 9.45. The van der Waals surface area contributed by atoms with Gasteiger partial charge in [-0.25, -0.2) is 0 Å². The van der Waals surface area contributed by atoms with Crippen molar-refractivity contribution in [2.75, 3.05) is 5.01 Å². The number of anilines is 1. The molecular weight excluding hydrogens is 262 g/mol. The lowest BCUT2D eigenvalue weighted by Gasteiger charge is -2.35. The molecule has 106 valence electrons. The molecule has 1 aromatic rings. The van der Waals surface area contributed by atoms with E-state index in [1.54, 1.807) is 31.2 Å². The summed E-state index contributed by atoms with van der Waals surface area (Å²) in [5, 5.41) is 9.19. The zero-order valence-electron chi connectivity index (χ0n) is 11.4. The highest BCUT2D eigenvalue weighted by Crippen LogP contribution is 2.36. The van der Waals surface area contributed by atoms with Gasteiger partial charge in [0.15, 0.2) is 6.04 Å². The summed E-state index contributed by atoms with van der Waals surface area (Å²) in [6.07, 6.45) is 0. The Hall–Kier alpha value is -2.44. The van der Waals surface area contributed by atoms with E-state index in [4.69, 9.17) is 9.47 Å². The van der Waals surface area contributed by atoms with Gasteiger partial charge in [-0.1, -0.05) is 23.4 Å². The molecule has 1 aromatic carbocycles. The largest absolute Gasteiger partial charge is 0.400 e. The summed E-state index contributed by atoms with van der Waals surface area (Å²) < 4.78 is 10.5. The van der Waals surface area contributed by atoms with Gasteiger partial charge in [-0.3, -0.25) is 9.59 Å². The van der Waals surface area contributed by atoms with Crippen LogP contribution >= 0.6 is 0 Å². The summed E-state index contributed by atoms with van der Waals surface area (Å²) in [6.45, 7) is 4.12. The van der Waals surface area contributed by atoms with Gasteiger partial charge in [0.2, 0.25) is 0 Å². The zero-order valence-corrected chi connectivity index (χ0v) is 11.4. The van der Waals surface area contributed by atoms with Gasteiger partial charge in [-0.05, 0) is 19.1 Å². The summed E-state index contributed by atoms with van der Waals surface area (Å²) in [6, 6.07) is 8.27. The normalized spacial score (nSPS) is 19.8. The van der Waals surface area contributed by atoms with Gasteiger partial charge in [-0.15, -0.1) is 0 Å². The van der Waals surface area contributed by atoms with Crippen molar-refractivity contribution in [1.82, 2.24) is 0 Å². The minimum atomic E-state index is -1.68. The van der Waals surface area contributed by atoms with E-state index in [2.05, 4.69) is 10.3 Å². The monoisotopic (exact) mass is 277 g/mol. The fourth-order valence-electron chi connectivity index (χ4n) is 1.93. The molecule has 7 heteroatoms. The summed E-state index contributed by atoms with van der Waals surface area (Å²) in [7, 11) is 0. The van der Waals surface area contributed by atoms with Gasteiger partial charge < -0.3 is 9.47 Å². The Kier molecular flexibility index (Phi) is 3.69. The average molecular weight is 277 g/mol. The Morgan fingerprint density at radius 3 is 2.20 bits per heavy atom. The predicted octanol–water partition coefficient (Wildman–Crippen LogP) is 2.04. The fraction of sp³-hybridized carbons (Fsp3) is 0.385. The van der Waals surface area contributed by atoms with E-state index in [0.29, 0.717) is 5.69 Å². The predicted molar refractivity (Wildman–Crippen MR) is 69.5 cm³/mol. The quantitative estimate of drug-likeness (QED) is 0.624. The molecule has 0 amide bonds. The Morgan fingerprint density at radius 1 is 1.15 bits per heavy atom. The number of benzene rings is 1. The summed E-state index contributed by atoms with van der Waals surface area (Å²) in [4.78, 5) is 22.8. The van der Waals surface area contributed by atoms with Crippen LogP contribution in [0.3, 0.4) is 0 Å². The molecule has 1 heterocycles. The number of esters is 2. The lowest BCUT2D eigenvalue weighted by atomic mass is 10.2. The van der Waals surface area contributed by atoms with Gasteiger partial charge >= 0.3 is 17.8 Å². The SMILES string of the molecule is CC(=O)OC1(OC(C)=O)C(C)N=NN1c1ccccc1. The first kappa shape index (κ1) is 14.0. The van der Waals surface area contributed by atoms with Crippen LogP contribution in [0.4, 0.5) is 5.69 Å². The topological polar surface area (TPSA) is 80.6 Å². The molecule has 0 spiro atoms. The van der Waals surface area contributed by atoms with Crippen LogP contribution < -0.4 is 5.01 Å². The smallest absolute Gasteiger partial charge is 0.388 e. The maximum Gasteiger partial charge on any atom is 0.388 e. The van der Waals surface area contributed by atoms with E-state index < -0.39 is 23.9 Å². The van der Waals surface area contributed by atoms with Crippen molar-refractivity contribution < 1.29 is 19.1 Å². The molecule has 0 bridgehead atoms. The molecule has 1 unspecified atom stereocenters. The molecule has 7 nitrogen and oxygen atoms in total. The van der Waals surface area contributed by atoms with Crippen LogP contribution in [0.15, 0.2) is 40.7 Å². The van der Waals surface area contributed by atoms with E-state index >= 15 is 0 Å². The van der Waals surface area contributed by atoms with Crippen molar-refractivity contribution in [3.8, 4) is 0 Å². The second-order valence-corrected chi connectivity index (χ2v) is 4.35. The zero-order chi connectivity index (χ0) is 14.8. The molecule has 0 fully saturated rings. The van der Waals surface area contributed by atoms with Crippen molar-refractivity contribution in [3.63, 3.8) is 0 Å². The minimum absolute atomic E-state index is 0.591. The number of ether oxygens (including phenoxy) is 2.